The number of hydrogen-bond donors (Lipinski definition) is 0. The molecule has 0 atom stereocenters. The largest absolute Gasteiger partial charge is 0.293 e. The first-order valence-corrected chi connectivity index (χ1v) is 9.69. The lowest BCUT2D eigenvalue weighted by Gasteiger charge is -2.12. The molecular formula is C17H10Br2N2O4S. The van der Waals surface area contributed by atoms with Crippen molar-refractivity contribution in [2.45, 2.75) is 6.54 Å². The van der Waals surface area contributed by atoms with Crippen molar-refractivity contribution in [2.75, 3.05) is 0 Å². The second-order valence-corrected chi connectivity index (χ2v) is 8.13. The number of amides is 2. The highest BCUT2D eigenvalue weighted by Crippen LogP contribution is 2.34. The highest BCUT2D eigenvalue weighted by atomic mass is 79.9. The van der Waals surface area contributed by atoms with Gasteiger partial charge in [0.1, 0.15) is 0 Å². The van der Waals surface area contributed by atoms with E-state index in [-0.39, 0.29) is 22.4 Å². The number of imide groups is 1. The minimum atomic E-state index is -0.513. The van der Waals surface area contributed by atoms with Gasteiger partial charge in [-0.25, -0.2) is 0 Å². The van der Waals surface area contributed by atoms with Crippen LogP contribution in [0.4, 0.5) is 10.5 Å². The molecule has 2 amide bonds. The molecule has 0 bridgehead atoms. The van der Waals surface area contributed by atoms with Crippen LogP contribution in [0, 0.1) is 10.1 Å². The maximum Gasteiger partial charge on any atom is 0.293 e. The molecule has 1 fully saturated rings. The Hall–Kier alpha value is -1.97. The predicted molar refractivity (Wildman–Crippen MR) is 106 cm³/mol. The number of nitrogens with zero attached hydrogens (tertiary/aromatic N) is 2. The minimum absolute atomic E-state index is 0.104. The quantitative estimate of drug-likeness (QED) is 0.323. The number of nitro benzene ring substituents is 1. The molecule has 132 valence electrons. The number of hydrogen-bond acceptors (Lipinski definition) is 5. The molecule has 1 heterocycles. The molecule has 0 radical (unpaired) electrons. The first-order valence-electron chi connectivity index (χ1n) is 7.29. The van der Waals surface area contributed by atoms with Gasteiger partial charge < -0.3 is 0 Å². The van der Waals surface area contributed by atoms with Crippen LogP contribution in [0.25, 0.3) is 6.08 Å². The van der Waals surface area contributed by atoms with Gasteiger partial charge in [-0.05, 0) is 63.1 Å². The minimum Gasteiger partial charge on any atom is -0.268 e. The molecule has 0 saturated carbocycles. The zero-order chi connectivity index (χ0) is 18.8. The number of thioether (sulfide) groups is 1. The van der Waals surface area contributed by atoms with E-state index in [2.05, 4.69) is 31.9 Å². The molecule has 26 heavy (non-hydrogen) atoms. The molecule has 3 rings (SSSR count). The smallest absolute Gasteiger partial charge is 0.268 e. The molecule has 1 aliphatic heterocycles. The Morgan fingerprint density at radius 1 is 1.12 bits per heavy atom. The fourth-order valence-electron chi connectivity index (χ4n) is 2.32. The molecule has 1 saturated heterocycles. The van der Waals surface area contributed by atoms with E-state index < -0.39 is 10.8 Å². The van der Waals surface area contributed by atoms with Gasteiger partial charge in [-0.2, -0.15) is 0 Å². The van der Waals surface area contributed by atoms with E-state index >= 15 is 0 Å². The van der Waals surface area contributed by atoms with Crippen LogP contribution in [0.1, 0.15) is 11.1 Å². The van der Waals surface area contributed by atoms with Crippen LogP contribution in [-0.4, -0.2) is 21.0 Å². The van der Waals surface area contributed by atoms with Crippen molar-refractivity contribution in [1.29, 1.82) is 0 Å². The van der Waals surface area contributed by atoms with E-state index in [0.717, 1.165) is 26.7 Å². The Morgan fingerprint density at radius 3 is 2.46 bits per heavy atom. The average Bonchev–Trinajstić information content (AvgIpc) is 2.85. The van der Waals surface area contributed by atoms with E-state index in [1.807, 2.05) is 24.3 Å². The number of halogens is 2. The molecule has 1 aliphatic rings. The van der Waals surface area contributed by atoms with Crippen LogP contribution in [-0.2, 0) is 11.3 Å². The molecule has 0 spiro atoms. The second-order valence-electron chi connectivity index (χ2n) is 5.36. The fraction of sp³-hybridized carbons (Fsp3) is 0.0588. The summed E-state index contributed by atoms with van der Waals surface area (Å²) in [5.74, 6) is -0.409. The van der Waals surface area contributed by atoms with Gasteiger partial charge >= 0.3 is 0 Å². The van der Waals surface area contributed by atoms with E-state index in [9.17, 15) is 19.7 Å². The van der Waals surface area contributed by atoms with Crippen molar-refractivity contribution in [2.24, 2.45) is 0 Å². The van der Waals surface area contributed by atoms with Gasteiger partial charge in [0.2, 0.25) is 0 Å². The molecule has 0 aliphatic carbocycles. The Balaban J connectivity index is 1.84. The first kappa shape index (κ1) is 18.8. The Labute approximate surface area is 169 Å². The van der Waals surface area contributed by atoms with Crippen molar-refractivity contribution in [1.82, 2.24) is 4.90 Å². The molecule has 9 heteroatoms. The van der Waals surface area contributed by atoms with Crippen LogP contribution in [0.5, 0.6) is 0 Å². The van der Waals surface area contributed by atoms with Crippen molar-refractivity contribution < 1.29 is 14.5 Å². The van der Waals surface area contributed by atoms with Gasteiger partial charge in [-0.15, -0.1) is 0 Å². The van der Waals surface area contributed by atoms with Crippen LogP contribution >= 0.6 is 43.6 Å². The summed E-state index contributed by atoms with van der Waals surface area (Å²) in [6.07, 6.45) is 1.49. The van der Waals surface area contributed by atoms with E-state index in [1.165, 1.54) is 18.2 Å². The summed E-state index contributed by atoms with van der Waals surface area (Å²) in [7, 11) is 0. The van der Waals surface area contributed by atoms with Crippen LogP contribution in [0.3, 0.4) is 0 Å². The van der Waals surface area contributed by atoms with Gasteiger partial charge in [0, 0.05) is 10.5 Å². The number of rotatable bonds is 4. The summed E-state index contributed by atoms with van der Waals surface area (Å²) < 4.78 is 1.26. The van der Waals surface area contributed by atoms with Gasteiger partial charge in [0.05, 0.1) is 20.8 Å². The van der Waals surface area contributed by atoms with Gasteiger partial charge in [0.25, 0.3) is 16.8 Å². The zero-order valence-electron chi connectivity index (χ0n) is 13.0. The molecule has 2 aromatic rings. The molecule has 0 unspecified atom stereocenters. The van der Waals surface area contributed by atoms with Gasteiger partial charge in [-0.1, -0.05) is 34.1 Å². The van der Waals surface area contributed by atoms with E-state index in [0.29, 0.717) is 10.0 Å². The van der Waals surface area contributed by atoms with E-state index in [4.69, 9.17) is 0 Å². The predicted octanol–water partition coefficient (Wildman–Crippen LogP) is 5.36. The third-order valence-corrected chi connectivity index (χ3v) is 5.70. The monoisotopic (exact) mass is 496 g/mol. The Morgan fingerprint density at radius 2 is 1.81 bits per heavy atom. The second kappa shape index (κ2) is 7.73. The maximum absolute atomic E-state index is 12.5. The summed E-state index contributed by atoms with van der Waals surface area (Å²) in [6.45, 7) is 0.176. The standard InChI is InChI=1S/C17H10Br2N2O4S/c18-12-4-1-10(2-5-12)9-20-16(22)15(26-17(20)23)8-11-3-6-13(19)14(7-11)21(24)25/h1-8H,9H2/b15-8-. The highest BCUT2D eigenvalue weighted by molar-refractivity contribution is 9.10. The molecule has 0 N–H and O–H groups in total. The van der Waals surface area contributed by atoms with Crippen molar-refractivity contribution in [3.63, 3.8) is 0 Å². The van der Waals surface area contributed by atoms with Crippen LogP contribution in [0.2, 0.25) is 0 Å². The number of benzene rings is 2. The maximum atomic E-state index is 12.5. The zero-order valence-corrected chi connectivity index (χ0v) is 17.0. The topological polar surface area (TPSA) is 80.5 Å². The number of carbonyl (C=O) groups is 2. The lowest BCUT2D eigenvalue weighted by molar-refractivity contribution is -0.385. The SMILES string of the molecule is O=C1S/C(=C\c2ccc(Br)c([N+](=O)[O-])c2)C(=O)N1Cc1ccc(Br)cc1. The highest BCUT2D eigenvalue weighted by Gasteiger charge is 2.35. The normalized spacial score (nSPS) is 15.8. The fourth-order valence-corrected chi connectivity index (χ4v) is 3.81. The summed E-state index contributed by atoms with van der Waals surface area (Å²) in [6, 6.07) is 11.9. The van der Waals surface area contributed by atoms with Gasteiger partial charge in [-0.3, -0.25) is 24.6 Å². The number of carbonyl (C=O) groups excluding carboxylic acids is 2. The summed E-state index contributed by atoms with van der Waals surface area (Å²) in [5, 5.41) is 10.7. The van der Waals surface area contributed by atoms with Crippen LogP contribution < -0.4 is 0 Å². The van der Waals surface area contributed by atoms with Gasteiger partial charge in [0.15, 0.2) is 0 Å². The number of nitro groups is 1. The van der Waals surface area contributed by atoms with Crippen molar-refractivity contribution >= 4 is 66.5 Å². The lowest BCUT2D eigenvalue weighted by Crippen LogP contribution is -2.27. The van der Waals surface area contributed by atoms with Crippen molar-refractivity contribution in [3.05, 3.63) is 77.6 Å². The summed E-state index contributed by atoms with van der Waals surface area (Å²) in [5.41, 5.74) is 1.21. The van der Waals surface area contributed by atoms with Crippen LogP contribution in [0.15, 0.2) is 56.3 Å². The average molecular weight is 498 g/mol. The Bertz CT molecular complexity index is 944. The Kier molecular flexibility index (Phi) is 5.59. The lowest BCUT2D eigenvalue weighted by atomic mass is 10.2. The third kappa shape index (κ3) is 4.05. The third-order valence-electron chi connectivity index (χ3n) is 3.59. The van der Waals surface area contributed by atoms with Crippen molar-refractivity contribution in [3.8, 4) is 0 Å². The molecule has 0 aromatic heterocycles. The molecular weight excluding hydrogens is 488 g/mol. The van der Waals surface area contributed by atoms with E-state index in [1.54, 1.807) is 6.07 Å². The summed E-state index contributed by atoms with van der Waals surface area (Å²) >= 11 is 7.28. The first-order chi connectivity index (χ1) is 12.3. The summed E-state index contributed by atoms with van der Waals surface area (Å²) in [4.78, 5) is 36.6. The molecule has 2 aromatic carbocycles. The molecule has 6 nitrogen and oxygen atoms in total.